The number of anilines is 2. The molecule has 26 heavy (non-hydrogen) atoms. The highest BCUT2D eigenvalue weighted by Crippen LogP contribution is 2.24. The van der Waals surface area contributed by atoms with Crippen LogP contribution < -0.4 is 10.2 Å². The van der Waals surface area contributed by atoms with Gasteiger partial charge in [-0.1, -0.05) is 30.3 Å². The third-order valence-corrected chi connectivity index (χ3v) is 4.97. The van der Waals surface area contributed by atoms with Crippen molar-refractivity contribution in [1.82, 2.24) is 14.9 Å². The molecule has 1 fully saturated rings. The third kappa shape index (κ3) is 5.43. The van der Waals surface area contributed by atoms with Crippen LogP contribution in [0.1, 0.15) is 24.1 Å². The van der Waals surface area contributed by atoms with Crippen LogP contribution in [-0.4, -0.2) is 55.1 Å². The number of benzene rings is 1. The van der Waals surface area contributed by atoms with Crippen molar-refractivity contribution in [3.63, 3.8) is 0 Å². The molecular weight excluding hydrogens is 322 g/mol. The van der Waals surface area contributed by atoms with E-state index in [0.717, 1.165) is 49.6 Å². The van der Waals surface area contributed by atoms with Gasteiger partial charge in [0.25, 0.3) is 0 Å². The monoisotopic (exact) mass is 353 g/mol. The number of hydrogen-bond acceptors (Lipinski definition) is 5. The predicted octanol–water partition coefficient (Wildman–Crippen LogP) is 3.22. The van der Waals surface area contributed by atoms with Crippen LogP contribution in [0, 0.1) is 12.8 Å². The Morgan fingerprint density at radius 1 is 1.12 bits per heavy atom. The van der Waals surface area contributed by atoms with Crippen molar-refractivity contribution >= 4 is 11.8 Å². The van der Waals surface area contributed by atoms with E-state index in [1.165, 1.54) is 24.8 Å². The summed E-state index contributed by atoms with van der Waals surface area (Å²) in [5, 5.41) is 3.42. The number of aromatic nitrogens is 2. The lowest BCUT2D eigenvalue weighted by Gasteiger charge is -2.32. The maximum atomic E-state index is 4.75. The number of likely N-dealkylation sites (N-methyl/N-ethyl adjacent to an activating group) is 1. The lowest BCUT2D eigenvalue weighted by Crippen LogP contribution is -2.35. The van der Waals surface area contributed by atoms with Gasteiger partial charge in [0.1, 0.15) is 5.82 Å². The summed E-state index contributed by atoms with van der Waals surface area (Å²) in [4.78, 5) is 13.9. The molecule has 0 spiro atoms. The van der Waals surface area contributed by atoms with Crippen LogP contribution in [0.5, 0.6) is 0 Å². The number of nitrogens with zero attached hydrogens (tertiary/aromatic N) is 4. The van der Waals surface area contributed by atoms with Crippen molar-refractivity contribution in [2.75, 3.05) is 50.5 Å². The fourth-order valence-electron chi connectivity index (χ4n) is 3.48. The zero-order chi connectivity index (χ0) is 18.4. The van der Waals surface area contributed by atoms with Crippen LogP contribution in [0.25, 0.3) is 0 Å². The zero-order valence-corrected chi connectivity index (χ0v) is 16.3. The minimum Gasteiger partial charge on any atom is -0.369 e. The van der Waals surface area contributed by atoms with E-state index in [1.54, 1.807) is 0 Å². The Hall–Kier alpha value is -2.14. The Labute approximate surface area is 157 Å². The fourth-order valence-corrected chi connectivity index (χ4v) is 3.48. The SMILES string of the molecule is Cc1cc(NCCN(C)C)nc(N2CCC(Cc3ccccc3)CC2)n1. The number of piperidine rings is 1. The molecule has 1 aliphatic rings. The van der Waals surface area contributed by atoms with E-state index < -0.39 is 0 Å². The van der Waals surface area contributed by atoms with Gasteiger partial charge in [-0.3, -0.25) is 0 Å². The van der Waals surface area contributed by atoms with Gasteiger partial charge in [0.15, 0.2) is 0 Å². The van der Waals surface area contributed by atoms with E-state index in [2.05, 4.69) is 64.5 Å². The predicted molar refractivity (Wildman–Crippen MR) is 109 cm³/mol. The summed E-state index contributed by atoms with van der Waals surface area (Å²) in [5.74, 6) is 2.56. The number of rotatable bonds is 7. The quantitative estimate of drug-likeness (QED) is 0.828. The van der Waals surface area contributed by atoms with Gasteiger partial charge in [-0.05, 0) is 51.8 Å². The highest BCUT2D eigenvalue weighted by Gasteiger charge is 2.21. The minimum absolute atomic E-state index is 0.760. The summed E-state index contributed by atoms with van der Waals surface area (Å²) >= 11 is 0. The highest BCUT2D eigenvalue weighted by atomic mass is 15.3. The Bertz CT molecular complexity index is 678. The molecule has 3 rings (SSSR count). The van der Waals surface area contributed by atoms with Crippen molar-refractivity contribution < 1.29 is 0 Å². The third-order valence-electron chi connectivity index (χ3n) is 4.97. The molecule has 1 aromatic heterocycles. The summed E-state index contributed by atoms with van der Waals surface area (Å²) in [6, 6.07) is 12.9. The second kappa shape index (κ2) is 8.99. The molecule has 0 saturated carbocycles. The Balaban J connectivity index is 1.56. The maximum absolute atomic E-state index is 4.75. The van der Waals surface area contributed by atoms with E-state index in [4.69, 9.17) is 4.98 Å². The molecule has 0 radical (unpaired) electrons. The topological polar surface area (TPSA) is 44.3 Å². The minimum atomic E-state index is 0.760. The summed E-state index contributed by atoms with van der Waals surface area (Å²) in [6.07, 6.45) is 3.59. The molecule has 1 N–H and O–H groups in total. The first kappa shape index (κ1) is 18.6. The van der Waals surface area contributed by atoms with Gasteiger partial charge >= 0.3 is 0 Å². The van der Waals surface area contributed by atoms with Crippen LogP contribution in [-0.2, 0) is 6.42 Å². The van der Waals surface area contributed by atoms with Crippen LogP contribution in [0.4, 0.5) is 11.8 Å². The van der Waals surface area contributed by atoms with Gasteiger partial charge in [0, 0.05) is 37.9 Å². The Morgan fingerprint density at radius 3 is 2.54 bits per heavy atom. The first-order valence-electron chi connectivity index (χ1n) is 9.63. The molecule has 0 aliphatic carbocycles. The van der Waals surface area contributed by atoms with Crippen LogP contribution in [0.15, 0.2) is 36.4 Å². The summed E-state index contributed by atoms with van der Waals surface area (Å²) in [6.45, 7) is 6.01. The average Bonchev–Trinajstić information content (AvgIpc) is 2.62. The van der Waals surface area contributed by atoms with Gasteiger partial charge in [0.05, 0.1) is 0 Å². The molecule has 0 atom stereocenters. The largest absolute Gasteiger partial charge is 0.369 e. The summed E-state index contributed by atoms with van der Waals surface area (Å²) < 4.78 is 0. The molecule has 0 unspecified atom stereocenters. The Morgan fingerprint density at radius 2 is 1.85 bits per heavy atom. The molecule has 140 valence electrons. The van der Waals surface area contributed by atoms with Crippen LogP contribution >= 0.6 is 0 Å². The molecule has 1 aliphatic heterocycles. The first-order valence-corrected chi connectivity index (χ1v) is 9.63. The molecule has 1 aromatic carbocycles. The number of aryl methyl sites for hydroxylation is 1. The van der Waals surface area contributed by atoms with Crippen molar-refractivity contribution in [1.29, 1.82) is 0 Å². The van der Waals surface area contributed by atoms with Gasteiger partial charge in [0.2, 0.25) is 5.95 Å². The van der Waals surface area contributed by atoms with E-state index in [9.17, 15) is 0 Å². The molecule has 2 aromatic rings. The molecule has 5 nitrogen and oxygen atoms in total. The van der Waals surface area contributed by atoms with Crippen molar-refractivity contribution in [2.24, 2.45) is 5.92 Å². The highest BCUT2D eigenvalue weighted by molar-refractivity contribution is 5.44. The maximum Gasteiger partial charge on any atom is 0.227 e. The van der Waals surface area contributed by atoms with Crippen LogP contribution in [0.2, 0.25) is 0 Å². The van der Waals surface area contributed by atoms with Gasteiger partial charge in [-0.15, -0.1) is 0 Å². The molecule has 0 bridgehead atoms. The molecular formula is C21H31N5. The van der Waals surface area contributed by atoms with E-state index in [0.29, 0.717) is 0 Å². The number of nitrogens with one attached hydrogen (secondary N) is 1. The second-order valence-corrected chi connectivity index (χ2v) is 7.54. The van der Waals surface area contributed by atoms with E-state index in [1.807, 2.05) is 13.0 Å². The average molecular weight is 354 g/mol. The van der Waals surface area contributed by atoms with Crippen LogP contribution in [0.3, 0.4) is 0 Å². The summed E-state index contributed by atoms with van der Waals surface area (Å²) in [7, 11) is 4.16. The van der Waals surface area contributed by atoms with Crippen molar-refractivity contribution in [2.45, 2.75) is 26.2 Å². The van der Waals surface area contributed by atoms with Crippen molar-refractivity contribution in [3.8, 4) is 0 Å². The van der Waals surface area contributed by atoms with Crippen molar-refractivity contribution in [3.05, 3.63) is 47.7 Å². The van der Waals surface area contributed by atoms with Gasteiger partial charge in [-0.25, -0.2) is 4.98 Å². The number of hydrogen-bond donors (Lipinski definition) is 1. The lowest BCUT2D eigenvalue weighted by molar-refractivity contribution is 0.400. The molecule has 5 heteroatoms. The van der Waals surface area contributed by atoms with E-state index >= 15 is 0 Å². The Kier molecular flexibility index (Phi) is 6.45. The fraction of sp³-hybridized carbons (Fsp3) is 0.524. The first-order chi connectivity index (χ1) is 12.6. The molecule has 2 heterocycles. The standard InChI is InChI=1S/C21H31N5/c1-17-15-20(22-11-14-25(2)3)24-21(23-17)26-12-9-19(10-13-26)16-18-7-5-4-6-8-18/h4-8,15,19H,9-14,16H2,1-3H3,(H,22,23,24). The second-order valence-electron chi connectivity index (χ2n) is 7.54. The normalized spacial score (nSPS) is 15.5. The van der Waals surface area contributed by atoms with Gasteiger partial charge in [-0.2, -0.15) is 4.98 Å². The lowest BCUT2D eigenvalue weighted by atomic mass is 9.90. The smallest absolute Gasteiger partial charge is 0.227 e. The summed E-state index contributed by atoms with van der Waals surface area (Å²) in [5.41, 5.74) is 2.47. The van der Waals surface area contributed by atoms with E-state index in [-0.39, 0.29) is 0 Å². The van der Waals surface area contributed by atoms with Gasteiger partial charge < -0.3 is 15.1 Å². The molecule has 0 amide bonds. The zero-order valence-electron chi connectivity index (χ0n) is 16.3. The molecule has 1 saturated heterocycles.